The van der Waals surface area contributed by atoms with Crippen molar-refractivity contribution in [1.29, 1.82) is 0 Å². The summed E-state index contributed by atoms with van der Waals surface area (Å²) in [6.45, 7) is 5.05. The molecule has 1 aliphatic rings. The summed E-state index contributed by atoms with van der Waals surface area (Å²) in [5.74, 6) is 0.536. The summed E-state index contributed by atoms with van der Waals surface area (Å²) in [5, 5.41) is 0.494. The second-order valence-corrected chi connectivity index (χ2v) is 5.73. The molecule has 0 atom stereocenters. The Bertz CT molecular complexity index is 455. The highest BCUT2D eigenvalue weighted by Gasteiger charge is 2.33. The molecule has 0 bridgehead atoms. The summed E-state index contributed by atoms with van der Waals surface area (Å²) in [7, 11) is 0. The zero-order valence-electron chi connectivity index (χ0n) is 10.8. The molecule has 0 aromatic heterocycles. The van der Waals surface area contributed by atoms with Gasteiger partial charge in [-0.25, -0.2) is 0 Å². The van der Waals surface area contributed by atoms with Crippen molar-refractivity contribution < 1.29 is 4.79 Å². The highest BCUT2D eigenvalue weighted by Crippen LogP contribution is 2.30. The summed E-state index contributed by atoms with van der Waals surface area (Å²) < 4.78 is 0. The van der Waals surface area contributed by atoms with Gasteiger partial charge in [-0.3, -0.25) is 4.79 Å². The predicted octanol–water partition coefficient (Wildman–Crippen LogP) is 3.18. The van der Waals surface area contributed by atoms with Crippen molar-refractivity contribution in [3.63, 3.8) is 0 Å². The van der Waals surface area contributed by atoms with Crippen molar-refractivity contribution in [3.8, 4) is 0 Å². The van der Waals surface area contributed by atoms with Gasteiger partial charge in [-0.1, -0.05) is 25.4 Å². The van der Waals surface area contributed by atoms with Crippen LogP contribution in [0.4, 0.5) is 5.69 Å². The Labute approximate surface area is 113 Å². The SMILES string of the molecule is CC(C)CN(C(=O)c1ccc(Cl)c(N)c1)C1CC1. The third-order valence-corrected chi connectivity index (χ3v) is 3.40. The van der Waals surface area contributed by atoms with Crippen molar-refractivity contribution in [2.45, 2.75) is 32.7 Å². The molecule has 0 heterocycles. The second kappa shape index (κ2) is 5.19. The molecule has 1 saturated carbocycles. The lowest BCUT2D eigenvalue weighted by atomic mass is 10.1. The minimum atomic E-state index is 0.0644. The maximum absolute atomic E-state index is 12.5. The molecule has 1 amide bonds. The first kappa shape index (κ1) is 13.2. The van der Waals surface area contributed by atoms with Crippen LogP contribution in [0.3, 0.4) is 0 Å². The molecule has 18 heavy (non-hydrogen) atoms. The van der Waals surface area contributed by atoms with E-state index in [2.05, 4.69) is 13.8 Å². The minimum absolute atomic E-state index is 0.0644. The molecule has 2 rings (SSSR count). The summed E-state index contributed by atoms with van der Waals surface area (Å²) >= 11 is 5.87. The van der Waals surface area contributed by atoms with E-state index in [1.807, 2.05) is 4.90 Å². The Morgan fingerprint density at radius 3 is 2.67 bits per heavy atom. The molecular weight excluding hydrogens is 248 g/mol. The number of carbonyl (C=O) groups excluding carboxylic acids is 1. The third kappa shape index (κ3) is 2.96. The average Bonchev–Trinajstić information content (AvgIpc) is 3.12. The molecule has 1 aromatic carbocycles. The lowest BCUT2D eigenvalue weighted by molar-refractivity contribution is 0.0722. The molecular formula is C14H19ClN2O. The standard InChI is InChI=1S/C14H19ClN2O/c1-9(2)8-17(11-4-5-11)14(18)10-3-6-12(15)13(16)7-10/h3,6-7,9,11H,4-5,8,16H2,1-2H3. The van der Waals surface area contributed by atoms with Gasteiger partial charge in [-0.05, 0) is 37.0 Å². The van der Waals surface area contributed by atoms with E-state index in [9.17, 15) is 4.79 Å². The molecule has 1 fully saturated rings. The Morgan fingerprint density at radius 2 is 2.17 bits per heavy atom. The summed E-state index contributed by atoms with van der Waals surface area (Å²) in [5.41, 5.74) is 6.84. The normalized spacial score (nSPS) is 14.9. The number of amides is 1. The maximum Gasteiger partial charge on any atom is 0.254 e. The van der Waals surface area contributed by atoms with Crippen LogP contribution in [-0.4, -0.2) is 23.4 Å². The number of hydrogen-bond donors (Lipinski definition) is 1. The molecule has 0 radical (unpaired) electrons. The number of rotatable bonds is 4. The van der Waals surface area contributed by atoms with E-state index >= 15 is 0 Å². The summed E-state index contributed by atoms with van der Waals surface area (Å²) in [6, 6.07) is 5.51. The average molecular weight is 267 g/mol. The van der Waals surface area contributed by atoms with Gasteiger partial charge in [0.15, 0.2) is 0 Å². The smallest absolute Gasteiger partial charge is 0.254 e. The maximum atomic E-state index is 12.5. The van der Waals surface area contributed by atoms with Gasteiger partial charge in [-0.15, -0.1) is 0 Å². The van der Waals surface area contributed by atoms with E-state index in [-0.39, 0.29) is 5.91 Å². The van der Waals surface area contributed by atoms with Crippen LogP contribution in [-0.2, 0) is 0 Å². The molecule has 1 aromatic rings. The molecule has 2 N–H and O–H groups in total. The summed E-state index contributed by atoms with van der Waals surface area (Å²) in [6.07, 6.45) is 2.23. The quantitative estimate of drug-likeness (QED) is 0.851. The Hall–Kier alpha value is -1.22. The van der Waals surface area contributed by atoms with Crippen molar-refractivity contribution in [1.82, 2.24) is 4.90 Å². The zero-order valence-corrected chi connectivity index (χ0v) is 11.6. The van der Waals surface area contributed by atoms with Crippen LogP contribution < -0.4 is 5.73 Å². The lowest BCUT2D eigenvalue weighted by Crippen LogP contribution is -2.36. The molecule has 0 saturated heterocycles. The van der Waals surface area contributed by atoms with Gasteiger partial charge in [0.2, 0.25) is 0 Å². The first-order valence-electron chi connectivity index (χ1n) is 6.35. The van der Waals surface area contributed by atoms with E-state index in [0.717, 1.165) is 19.4 Å². The van der Waals surface area contributed by atoms with Gasteiger partial charge < -0.3 is 10.6 Å². The number of benzene rings is 1. The monoisotopic (exact) mass is 266 g/mol. The Balaban J connectivity index is 2.19. The van der Waals surface area contributed by atoms with Crippen molar-refractivity contribution in [2.24, 2.45) is 5.92 Å². The number of nitrogens with zero attached hydrogens (tertiary/aromatic N) is 1. The van der Waals surface area contributed by atoms with Crippen LogP contribution >= 0.6 is 11.6 Å². The van der Waals surface area contributed by atoms with Crippen LogP contribution in [0, 0.1) is 5.92 Å². The molecule has 3 nitrogen and oxygen atoms in total. The molecule has 0 spiro atoms. The molecule has 1 aliphatic carbocycles. The van der Waals surface area contributed by atoms with Gasteiger partial charge in [0.05, 0.1) is 10.7 Å². The zero-order chi connectivity index (χ0) is 13.3. The van der Waals surface area contributed by atoms with Gasteiger partial charge in [0.25, 0.3) is 5.91 Å². The molecule has 0 unspecified atom stereocenters. The van der Waals surface area contributed by atoms with Crippen molar-refractivity contribution >= 4 is 23.2 Å². The first-order valence-corrected chi connectivity index (χ1v) is 6.73. The number of hydrogen-bond acceptors (Lipinski definition) is 2. The van der Waals surface area contributed by atoms with E-state index in [0.29, 0.717) is 28.2 Å². The largest absolute Gasteiger partial charge is 0.398 e. The number of nitrogen functional groups attached to an aromatic ring is 1. The number of carbonyl (C=O) groups is 1. The van der Waals surface area contributed by atoms with Gasteiger partial charge in [0, 0.05) is 18.2 Å². The van der Waals surface area contributed by atoms with Crippen LogP contribution in [0.2, 0.25) is 5.02 Å². The topological polar surface area (TPSA) is 46.3 Å². The highest BCUT2D eigenvalue weighted by atomic mass is 35.5. The highest BCUT2D eigenvalue weighted by molar-refractivity contribution is 6.33. The van der Waals surface area contributed by atoms with E-state index in [4.69, 9.17) is 17.3 Å². The number of nitrogens with two attached hydrogens (primary N) is 1. The van der Waals surface area contributed by atoms with Crippen LogP contribution in [0.25, 0.3) is 0 Å². The molecule has 0 aliphatic heterocycles. The van der Waals surface area contributed by atoms with E-state index < -0.39 is 0 Å². The third-order valence-electron chi connectivity index (χ3n) is 3.05. The Morgan fingerprint density at radius 1 is 1.50 bits per heavy atom. The van der Waals surface area contributed by atoms with Gasteiger partial charge >= 0.3 is 0 Å². The molecule has 4 heteroatoms. The van der Waals surface area contributed by atoms with Gasteiger partial charge in [-0.2, -0.15) is 0 Å². The predicted molar refractivity (Wildman–Crippen MR) is 74.8 cm³/mol. The van der Waals surface area contributed by atoms with Crippen LogP contribution in [0.15, 0.2) is 18.2 Å². The fraction of sp³-hybridized carbons (Fsp3) is 0.500. The second-order valence-electron chi connectivity index (χ2n) is 5.32. The minimum Gasteiger partial charge on any atom is -0.398 e. The van der Waals surface area contributed by atoms with Crippen LogP contribution in [0.1, 0.15) is 37.0 Å². The fourth-order valence-electron chi connectivity index (χ4n) is 2.02. The first-order chi connectivity index (χ1) is 8.49. The summed E-state index contributed by atoms with van der Waals surface area (Å²) in [4.78, 5) is 14.4. The fourth-order valence-corrected chi connectivity index (χ4v) is 2.14. The molecule has 98 valence electrons. The van der Waals surface area contributed by atoms with E-state index in [1.165, 1.54) is 0 Å². The number of halogens is 1. The van der Waals surface area contributed by atoms with Gasteiger partial charge in [0.1, 0.15) is 0 Å². The lowest BCUT2D eigenvalue weighted by Gasteiger charge is -2.24. The van der Waals surface area contributed by atoms with Crippen molar-refractivity contribution in [2.75, 3.05) is 12.3 Å². The van der Waals surface area contributed by atoms with E-state index in [1.54, 1.807) is 18.2 Å². The Kier molecular flexibility index (Phi) is 3.81. The van der Waals surface area contributed by atoms with Crippen molar-refractivity contribution in [3.05, 3.63) is 28.8 Å². The van der Waals surface area contributed by atoms with Crippen LogP contribution in [0.5, 0.6) is 0 Å². The number of anilines is 1.